The van der Waals surface area contributed by atoms with E-state index in [1.54, 1.807) is 0 Å². The smallest absolute Gasteiger partial charge is 0.187 e. The van der Waals surface area contributed by atoms with Crippen LogP contribution in [0.25, 0.3) is 6.08 Å². The van der Waals surface area contributed by atoms with E-state index in [1.165, 1.54) is 16.7 Å². The Bertz CT molecular complexity index is 860. The second-order valence-electron chi connectivity index (χ2n) is 6.91. The normalized spacial score (nSPS) is 24.4. The average molecular weight is 363 g/mol. The first-order valence-electron chi connectivity index (χ1n) is 8.80. The molecule has 0 radical (unpaired) electrons. The molecule has 0 amide bonds. The number of likely N-dealkylation sites (N-methyl/N-ethyl adjacent to an activating group) is 1. The second-order valence-corrected chi connectivity index (χ2v) is 7.33. The van der Waals surface area contributed by atoms with Crippen molar-refractivity contribution in [3.63, 3.8) is 0 Å². The van der Waals surface area contributed by atoms with E-state index in [1.807, 2.05) is 17.1 Å². The van der Waals surface area contributed by atoms with Gasteiger partial charge in [-0.25, -0.2) is 5.01 Å². The van der Waals surface area contributed by atoms with Crippen molar-refractivity contribution in [2.45, 2.75) is 6.04 Å². The minimum absolute atomic E-state index is 0.0469. The Labute approximate surface area is 159 Å². The van der Waals surface area contributed by atoms with Crippen molar-refractivity contribution < 1.29 is 0 Å². The summed E-state index contributed by atoms with van der Waals surface area (Å²) in [5.41, 5.74) is 10.7. The zero-order chi connectivity index (χ0) is 18.1. The van der Waals surface area contributed by atoms with Crippen LogP contribution >= 0.6 is 12.2 Å². The fraction of sp³-hybridized carbons (Fsp3) is 0.238. The molecule has 132 valence electrons. The molecular weight excluding hydrogens is 340 g/mol. The lowest BCUT2D eigenvalue weighted by Crippen LogP contribution is -2.42. The van der Waals surface area contributed by atoms with Crippen LogP contribution in [0.4, 0.5) is 0 Å². The lowest BCUT2D eigenvalue weighted by atomic mass is 9.83. The molecule has 0 spiro atoms. The molecule has 0 saturated carbocycles. The lowest BCUT2D eigenvalue weighted by molar-refractivity contribution is 0.249. The Balaban J connectivity index is 1.77. The first-order valence-corrected chi connectivity index (χ1v) is 9.21. The Morgan fingerprint density at radius 1 is 1.12 bits per heavy atom. The molecule has 2 aromatic carbocycles. The number of hydrogen-bond donors (Lipinski definition) is 1. The van der Waals surface area contributed by atoms with E-state index in [9.17, 15) is 0 Å². The number of nitrogens with zero attached hydrogens (tertiary/aromatic N) is 3. The van der Waals surface area contributed by atoms with Crippen molar-refractivity contribution in [2.75, 3.05) is 20.1 Å². The van der Waals surface area contributed by atoms with Gasteiger partial charge in [0.1, 0.15) is 0 Å². The summed E-state index contributed by atoms with van der Waals surface area (Å²) in [5.74, 6) is 0.243. The molecule has 1 fully saturated rings. The third kappa shape index (κ3) is 3.16. The molecule has 2 N–H and O–H groups in total. The molecule has 2 heterocycles. The Morgan fingerprint density at radius 3 is 2.42 bits per heavy atom. The topological polar surface area (TPSA) is 44.9 Å². The minimum Gasteiger partial charge on any atom is -0.375 e. The van der Waals surface area contributed by atoms with Gasteiger partial charge in [0.2, 0.25) is 0 Å². The molecule has 0 unspecified atom stereocenters. The first kappa shape index (κ1) is 16.9. The van der Waals surface area contributed by atoms with E-state index >= 15 is 0 Å². The van der Waals surface area contributed by atoms with E-state index in [0.29, 0.717) is 5.11 Å². The summed E-state index contributed by atoms with van der Waals surface area (Å²) in [4.78, 5) is 2.34. The highest BCUT2D eigenvalue weighted by molar-refractivity contribution is 7.80. The van der Waals surface area contributed by atoms with Gasteiger partial charge in [0.05, 0.1) is 11.8 Å². The maximum absolute atomic E-state index is 6.03. The maximum atomic E-state index is 6.03. The molecule has 2 aliphatic rings. The highest BCUT2D eigenvalue weighted by Gasteiger charge is 2.43. The molecule has 0 bridgehead atoms. The number of nitrogens with two attached hydrogens (primary N) is 1. The van der Waals surface area contributed by atoms with Crippen molar-refractivity contribution in [1.82, 2.24) is 9.91 Å². The van der Waals surface area contributed by atoms with Gasteiger partial charge in [-0.05, 0) is 42.0 Å². The summed E-state index contributed by atoms with van der Waals surface area (Å²) in [6.07, 6.45) is 2.23. The van der Waals surface area contributed by atoms with Gasteiger partial charge in [-0.1, -0.05) is 60.7 Å². The number of likely N-dealkylation sites (tertiary alicyclic amines) is 1. The summed E-state index contributed by atoms with van der Waals surface area (Å²) in [6, 6.07) is 20.8. The second kappa shape index (κ2) is 7.02. The number of thiocarbonyl (C=S) groups is 1. The van der Waals surface area contributed by atoms with Gasteiger partial charge in [-0.15, -0.1) is 0 Å². The Hall–Kier alpha value is -2.50. The molecule has 5 heteroatoms. The number of rotatable bonds is 2. The van der Waals surface area contributed by atoms with Gasteiger partial charge in [-0.3, -0.25) is 0 Å². The van der Waals surface area contributed by atoms with Crippen LogP contribution in [0.3, 0.4) is 0 Å². The zero-order valence-electron chi connectivity index (χ0n) is 14.7. The van der Waals surface area contributed by atoms with Crippen molar-refractivity contribution >= 4 is 29.1 Å². The third-order valence-electron chi connectivity index (χ3n) is 5.00. The van der Waals surface area contributed by atoms with Gasteiger partial charge in [0.25, 0.3) is 0 Å². The van der Waals surface area contributed by atoms with Crippen molar-refractivity contribution in [1.29, 1.82) is 0 Å². The van der Waals surface area contributed by atoms with Crippen LogP contribution in [0.15, 0.2) is 71.3 Å². The highest BCUT2D eigenvalue weighted by Crippen LogP contribution is 2.40. The van der Waals surface area contributed by atoms with Crippen molar-refractivity contribution in [3.8, 4) is 0 Å². The van der Waals surface area contributed by atoms with Crippen LogP contribution in [-0.4, -0.2) is 40.9 Å². The molecular formula is C21H22N4S. The number of benzene rings is 2. The Kier molecular flexibility index (Phi) is 4.57. The molecule has 2 aromatic rings. The molecule has 0 aliphatic carbocycles. The third-order valence-corrected chi connectivity index (χ3v) is 5.18. The quantitative estimate of drug-likeness (QED) is 0.833. The van der Waals surface area contributed by atoms with Crippen LogP contribution in [0, 0.1) is 5.92 Å². The van der Waals surface area contributed by atoms with Crippen LogP contribution in [0.1, 0.15) is 17.2 Å². The van der Waals surface area contributed by atoms with Gasteiger partial charge < -0.3 is 10.6 Å². The minimum atomic E-state index is 0.0469. The summed E-state index contributed by atoms with van der Waals surface area (Å²) in [5, 5.41) is 7.01. The zero-order valence-corrected chi connectivity index (χ0v) is 15.6. The van der Waals surface area contributed by atoms with E-state index in [0.717, 1.165) is 18.8 Å². The predicted molar refractivity (Wildman–Crippen MR) is 111 cm³/mol. The molecule has 26 heavy (non-hydrogen) atoms. The fourth-order valence-electron chi connectivity index (χ4n) is 3.91. The Morgan fingerprint density at radius 2 is 1.77 bits per heavy atom. The summed E-state index contributed by atoms with van der Waals surface area (Å²) < 4.78 is 0. The maximum Gasteiger partial charge on any atom is 0.187 e. The molecule has 1 saturated heterocycles. The van der Waals surface area contributed by atoms with E-state index < -0.39 is 0 Å². The number of fused-ring (bicyclic) bond motifs is 1. The van der Waals surface area contributed by atoms with E-state index in [-0.39, 0.29) is 12.0 Å². The largest absolute Gasteiger partial charge is 0.375 e. The summed E-state index contributed by atoms with van der Waals surface area (Å²) in [7, 11) is 2.15. The van der Waals surface area contributed by atoms with Crippen LogP contribution in [0.5, 0.6) is 0 Å². The van der Waals surface area contributed by atoms with Crippen LogP contribution in [0.2, 0.25) is 0 Å². The van der Waals surface area contributed by atoms with Crippen LogP contribution in [-0.2, 0) is 0 Å². The van der Waals surface area contributed by atoms with Crippen molar-refractivity contribution in [3.05, 3.63) is 77.4 Å². The average Bonchev–Trinajstić information content (AvgIpc) is 3.03. The SMILES string of the molecule is CN1C/C(=C\c2ccccc2)C2=NN(C(N)=S)[C@H](c3ccccc3)[C@H]2C1. The summed E-state index contributed by atoms with van der Waals surface area (Å²) >= 11 is 5.32. The molecule has 0 aromatic heterocycles. The monoisotopic (exact) mass is 362 g/mol. The first-order chi connectivity index (χ1) is 12.6. The lowest BCUT2D eigenvalue weighted by Gasteiger charge is -2.34. The van der Waals surface area contributed by atoms with Gasteiger partial charge in [0.15, 0.2) is 5.11 Å². The van der Waals surface area contributed by atoms with Crippen molar-refractivity contribution in [2.24, 2.45) is 16.8 Å². The van der Waals surface area contributed by atoms with E-state index in [4.69, 9.17) is 23.1 Å². The van der Waals surface area contributed by atoms with E-state index in [2.05, 4.69) is 66.6 Å². The molecule has 4 rings (SSSR count). The molecule has 4 nitrogen and oxygen atoms in total. The molecule has 2 atom stereocenters. The van der Waals surface area contributed by atoms with Gasteiger partial charge >= 0.3 is 0 Å². The summed E-state index contributed by atoms with van der Waals surface area (Å²) in [6.45, 7) is 1.81. The predicted octanol–water partition coefficient (Wildman–Crippen LogP) is 3.29. The van der Waals surface area contributed by atoms with Gasteiger partial charge in [0, 0.05) is 19.0 Å². The number of piperidine rings is 1. The van der Waals surface area contributed by atoms with Crippen LogP contribution < -0.4 is 5.73 Å². The highest BCUT2D eigenvalue weighted by atomic mass is 32.1. The number of hydrazone groups is 1. The molecule has 2 aliphatic heterocycles. The number of hydrogen-bond acceptors (Lipinski definition) is 3. The standard InChI is InChI=1S/C21H22N4S/c1-24-13-17(12-15-8-4-2-5-9-15)19-18(14-24)20(25(23-19)21(22)26)16-10-6-3-7-11-16/h2-12,18,20H,13-14H2,1H3,(H2,22,26)/b17-12+/t18-,20+/m0/s1. The fourth-order valence-corrected chi connectivity index (χ4v) is 4.07. The van der Waals surface area contributed by atoms with Gasteiger partial charge in [-0.2, -0.15) is 5.10 Å².